The maximum absolute atomic E-state index is 12.3. The van der Waals surface area contributed by atoms with Crippen LogP contribution >= 0.6 is 15.9 Å². The lowest BCUT2D eigenvalue weighted by atomic mass is 10.1. The van der Waals surface area contributed by atoms with Crippen LogP contribution in [0.2, 0.25) is 0 Å². The highest BCUT2D eigenvalue weighted by Crippen LogP contribution is 2.17. The molecule has 0 aliphatic heterocycles. The predicted molar refractivity (Wildman–Crippen MR) is 78.9 cm³/mol. The highest BCUT2D eigenvalue weighted by Gasteiger charge is 2.13. The zero-order chi connectivity index (χ0) is 13.8. The van der Waals surface area contributed by atoms with Crippen LogP contribution in [0.3, 0.4) is 0 Å². The van der Waals surface area contributed by atoms with Crippen LogP contribution in [-0.4, -0.2) is 22.8 Å². The molecule has 0 spiro atoms. The first kappa shape index (κ1) is 13.7. The van der Waals surface area contributed by atoms with Crippen molar-refractivity contribution >= 4 is 21.8 Å². The van der Waals surface area contributed by atoms with Crippen molar-refractivity contribution in [3.63, 3.8) is 0 Å². The van der Waals surface area contributed by atoms with Gasteiger partial charge in [-0.3, -0.25) is 9.78 Å². The molecule has 98 valence electrons. The number of aryl methyl sites for hydroxylation is 1. The molecular formula is C15H15BrN2O. The molecule has 0 atom stereocenters. The average molecular weight is 319 g/mol. The van der Waals surface area contributed by atoms with E-state index in [-0.39, 0.29) is 5.91 Å². The summed E-state index contributed by atoms with van der Waals surface area (Å²) in [5, 5.41) is 0. The van der Waals surface area contributed by atoms with E-state index in [0.717, 1.165) is 15.7 Å². The smallest absolute Gasteiger partial charge is 0.253 e. The fourth-order valence-electron chi connectivity index (χ4n) is 1.89. The predicted octanol–water partition coefficient (Wildman–Crippen LogP) is 3.42. The first-order valence-corrected chi connectivity index (χ1v) is 6.78. The van der Waals surface area contributed by atoms with Gasteiger partial charge in [0.1, 0.15) is 0 Å². The third-order valence-electron chi connectivity index (χ3n) is 2.76. The molecule has 0 unspecified atom stereocenters. The lowest BCUT2D eigenvalue weighted by molar-refractivity contribution is 0.0783. The molecule has 2 rings (SSSR count). The van der Waals surface area contributed by atoms with Crippen molar-refractivity contribution in [1.29, 1.82) is 0 Å². The zero-order valence-corrected chi connectivity index (χ0v) is 12.5. The largest absolute Gasteiger partial charge is 0.336 e. The third kappa shape index (κ3) is 3.64. The van der Waals surface area contributed by atoms with Gasteiger partial charge < -0.3 is 4.90 Å². The van der Waals surface area contributed by atoms with Gasteiger partial charge in [0.15, 0.2) is 0 Å². The summed E-state index contributed by atoms with van der Waals surface area (Å²) >= 11 is 3.41. The van der Waals surface area contributed by atoms with Gasteiger partial charge in [0, 0.05) is 23.3 Å². The first-order chi connectivity index (χ1) is 9.06. The molecule has 0 saturated carbocycles. The molecule has 0 bridgehead atoms. The highest BCUT2D eigenvalue weighted by molar-refractivity contribution is 9.10. The van der Waals surface area contributed by atoms with Crippen molar-refractivity contribution in [1.82, 2.24) is 9.88 Å². The standard InChI is InChI=1S/C15H15BrN2O/c1-11-7-12(9-13(16)8-11)15(19)18(2)10-14-5-3-4-6-17-14/h3-9H,10H2,1-2H3. The number of amides is 1. The Labute approximate surface area is 121 Å². The minimum Gasteiger partial charge on any atom is -0.336 e. The van der Waals surface area contributed by atoms with Crippen LogP contribution in [0.4, 0.5) is 0 Å². The van der Waals surface area contributed by atoms with Crippen LogP contribution in [0, 0.1) is 6.92 Å². The Balaban J connectivity index is 2.15. The second-order valence-corrected chi connectivity index (χ2v) is 5.42. The van der Waals surface area contributed by atoms with Gasteiger partial charge in [-0.25, -0.2) is 0 Å². The molecule has 0 fully saturated rings. The van der Waals surface area contributed by atoms with E-state index < -0.39 is 0 Å². The molecule has 2 aromatic rings. The molecule has 3 nitrogen and oxygen atoms in total. The lowest BCUT2D eigenvalue weighted by Crippen LogP contribution is -2.26. The van der Waals surface area contributed by atoms with Crippen LogP contribution < -0.4 is 0 Å². The van der Waals surface area contributed by atoms with Crippen LogP contribution in [0.1, 0.15) is 21.6 Å². The summed E-state index contributed by atoms with van der Waals surface area (Å²) in [5.41, 5.74) is 2.62. The second-order valence-electron chi connectivity index (χ2n) is 4.50. The number of halogens is 1. The highest BCUT2D eigenvalue weighted by atomic mass is 79.9. The Hall–Kier alpha value is -1.68. The first-order valence-electron chi connectivity index (χ1n) is 5.99. The topological polar surface area (TPSA) is 33.2 Å². The number of carbonyl (C=O) groups excluding carboxylic acids is 1. The van der Waals surface area contributed by atoms with Crippen molar-refractivity contribution in [3.8, 4) is 0 Å². The van der Waals surface area contributed by atoms with Crippen molar-refractivity contribution in [3.05, 3.63) is 63.9 Å². The monoisotopic (exact) mass is 318 g/mol. The molecule has 1 heterocycles. The van der Waals surface area contributed by atoms with E-state index in [1.54, 1.807) is 18.1 Å². The molecule has 19 heavy (non-hydrogen) atoms. The Morgan fingerprint density at radius 1 is 1.32 bits per heavy atom. The van der Waals surface area contributed by atoms with Crippen LogP contribution in [0.15, 0.2) is 47.1 Å². The number of pyridine rings is 1. The zero-order valence-electron chi connectivity index (χ0n) is 10.9. The van der Waals surface area contributed by atoms with E-state index in [9.17, 15) is 4.79 Å². The summed E-state index contributed by atoms with van der Waals surface area (Å²) in [5.74, 6) is -0.00458. The van der Waals surface area contributed by atoms with E-state index in [1.807, 2.05) is 43.3 Å². The summed E-state index contributed by atoms with van der Waals surface area (Å²) in [6.07, 6.45) is 1.73. The molecular weight excluding hydrogens is 304 g/mol. The van der Waals surface area contributed by atoms with Crippen molar-refractivity contribution < 1.29 is 4.79 Å². The van der Waals surface area contributed by atoms with Crippen LogP contribution in [-0.2, 0) is 6.54 Å². The number of benzene rings is 1. The fourth-order valence-corrected chi connectivity index (χ4v) is 2.49. The van der Waals surface area contributed by atoms with Crippen LogP contribution in [0.25, 0.3) is 0 Å². The van der Waals surface area contributed by atoms with Gasteiger partial charge >= 0.3 is 0 Å². The second kappa shape index (κ2) is 5.97. The van der Waals surface area contributed by atoms with Gasteiger partial charge in [0.2, 0.25) is 0 Å². The average Bonchev–Trinajstić information content (AvgIpc) is 2.37. The Morgan fingerprint density at radius 3 is 2.74 bits per heavy atom. The summed E-state index contributed by atoms with van der Waals surface area (Å²) in [4.78, 5) is 18.2. The minimum atomic E-state index is -0.00458. The molecule has 0 saturated heterocycles. The summed E-state index contributed by atoms with van der Waals surface area (Å²) in [7, 11) is 1.78. The molecule has 1 amide bonds. The van der Waals surface area contributed by atoms with Gasteiger partial charge in [0.05, 0.1) is 12.2 Å². The van der Waals surface area contributed by atoms with Crippen molar-refractivity contribution in [2.24, 2.45) is 0 Å². The summed E-state index contributed by atoms with van der Waals surface area (Å²) in [6, 6.07) is 11.4. The summed E-state index contributed by atoms with van der Waals surface area (Å²) < 4.78 is 0.919. The van der Waals surface area contributed by atoms with Gasteiger partial charge in [-0.05, 0) is 42.8 Å². The minimum absolute atomic E-state index is 0.00458. The molecule has 0 N–H and O–H groups in total. The normalized spacial score (nSPS) is 10.3. The van der Waals surface area contributed by atoms with Gasteiger partial charge in [-0.1, -0.05) is 22.0 Å². The van der Waals surface area contributed by atoms with E-state index in [4.69, 9.17) is 0 Å². The number of nitrogens with zero attached hydrogens (tertiary/aromatic N) is 2. The molecule has 0 radical (unpaired) electrons. The Kier molecular flexibility index (Phi) is 4.32. The Bertz CT molecular complexity index is 564. The molecule has 1 aromatic heterocycles. The van der Waals surface area contributed by atoms with E-state index >= 15 is 0 Å². The van der Waals surface area contributed by atoms with E-state index in [0.29, 0.717) is 12.1 Å². The summed E-state index contributed by atoms with van der Waals surface area (Å²) in [6.45, 7) is 2.48. The number of hydrogen-bond acceptors (Lipinski definition) is 2. The number of aromatic nitrogens is 1. The maximum atomic E-state index is 12.3. The molecule has 1 aromatic carbocycles. The SMILES string of the molecule is Cc1cc(Br)cc(C(=O)N(C)Cc2ccccn2)c1. The molecule has 0 aliphatic rings. The number of carbonyl (C=O) groups is 1. The van der Waals surface area contributed by atoms with Gasteiger partial charge in [-0.15, -0.1) is 0 Å². The van der Waals surface area contributed by atoms with Crippen molar-refractivity contribution in [2.45, 2.75) is 13.5 Å². The number of hydrogen-bond donors (Lipinski definition) is 0. The fraction of sp³-hybridized carbons (Fsp3) is 0.200. The third-order valence-corrected chi connectivity index (χ3v) is 3.22. The van der Waals surface area contributed by atoms with Gasteiger partial charge in [0.25, 0.3) is 5.91 Å². The van der Waals surface area contributed by atoms with E-state index in [1.165, 1.54) is 0 Å². The Morgan fingerprint density at radius 2 is 2.11 bits per heavy atom. The van der Waals surface area contributed by atoms with Crippen LogP contribution in [0.5, 0.6) is 0 Å². The van der Waals surface area contributed by atoms with E-state index in [2.05, 4.69) is 20.9 Å². The quantitative estimate of drug-likeness (QED) is 0.868. The number of rotatable bonds is 3. The molecule has 0 aliphatic carbocycles. The molecule has 4 heteroatoms. The van der Waals surface area contributed by atoms with Gasteiger partial charge in [-0.2, -0.15) is 0 Å². The maximum Gasteiger partial charge on any atom is 0.253 e. The lowest BCUT2D eigenvalue weighted by Gasteiger charge is -2.17. The van der Waals surface area contributed by atoms with Crippen molar-refractivity contribution in [2.75, 3.05) is 7.05 Å².